The van der Waals surface area contributed by atoms with E-state index in [9.17, 15) is 0 Å². The summed E-state index contributed by atoms with van der Waals surface area (Å²) in [5.74, 6) is 1.01. The van der Waals surface area contributed by atoms with E-state index in [0.717, 1.165) is 30.2 Å². The first-order valence-corrected chi connectivity index (χ1v) is 11.3. The molecule has 160 valence electrons. The van der Waals surface area contributed by atoms with Gasteiger partial charge < -0.3 is 9.72 Å². The third-order valence-electron chi connectivity index (χ3n) is 6.98. The summed E-state index contributed by atoms with van der Waals surface area (Å²) in [7, 11) is 0. The average molecular weight is 417 g/mol. The van der Waals surface area contributed by atoms with Crippen molar-refractivity contribution in [3.8, 4) is 11.4 Å². The number of piperidine rings is 1. The van der Waals surface area contributed by atoms with E-state index < -0.39 is 0 Å². The lowest BCUT2D eigenvalue weighted by atomic mass is 9.87. The number of hydrogen-bond donors (Lipinski definition) is 1. The molecule has 3 aromatic heterocycles. The van der Waals surface area contributed by atoms with Crippen molar-refractivity contribution in [2.45, 2.75) is 44.6 Å². The molecule has 0 bridgehead atoms. The molecule has 7 heteroatoms. The van der Waals surface area contributed by atoms with Crippen LogP contribution in [0.25, 0.3) is 27.9 Å². The van der Waals surface area contributed by atoms with Gasteiger partial charge >= 0.3 is 0 Å². The van der Waals surface area contributed by atoms with Gasteiger partial charge in [-0.15, -0.1) is 14.8 Å². The van der Waals surface area contributed by atoms with Crippen molar-refractivity contribution >= 4 is 16.6 Å². The molecule has 6 rings (SSSR count). The highest BCUT2D eigenvalue weighted by molar-refractivity contribution is 5.91. The van der Waals surface area contributed by atoms with Crippen LogP contribution in [0.4, 0.5) is 0 Å². The first-order valence-electron chi connectivity index (χ1n) is 11.3. The van der Waals surface area contributed by atoms with Crippen LogP contribution in [0.15, 0.2) is 36.7 Å². The molecule has 31 heavy (non-hydrogen) atoms. The molecule has 2 fully saturated rings. The van der Waals surface area contributed by atoms with E-state index in [-0.39, 0.29) is 0 Å². The number of likely N-dealkylation sites (tertiary alicyclic amines) is 1. The quantitative estimate of drug-likeness (QED) is 0.545. The molecule has 0 radical (unpaired) electrons. The minimum Gasteiger partial charge on any atom is -0.378 e. The number of ether oxygens (including phenoxy) is 1. The van der Waals surface area contributed by atoms with E-state index in [1.54, 1.807) is 4.63 Å². The van der Waals surface area contributed by atoms with Gasteiger partial charge in [-0.1, -0.05) is 19.9 Å². The molecule has 7 nitrogen and oxygen atoms in total. The third-order valence-corrected chi connectivity index (χ3v) is 6.98. The predicted octanol–water partition coefficient (Wildman–Crippen LogP) is 3.97. The maximum atomic E-state index is 5.38. The maximum absolute atomic E-state index is 5.38. The second kappa shape index (κ2) is 7.43. The van der Waals surface area contributed by atoms with Gasteiger partial charge in [0.25, 0.3) is 0 Å². The van der Waals surface area contributed by atoms with Crippen LogP contribution in [0.1, 0.15) is 49.7 Å². The molecule has 0 saturated carbocycles. The molecule has 1 N–H and O–H groups in total. The highest BCUT2D eigenvalue weighted by Gasteiger charge is 2.30. The lowest BCUT2D eigenvalue weighted by molar-refractivity contribution is -0.0712. The Balaban J connectivity index is 1.35. The molecule has 4 aromatic rings. The van der Waals surface area contributed by atoms with Gasteiger partial charge in [0.05, 0.1) is 24.9 Å². The minimum atomic E-state index is 0.382. The molecule has 2 aliphatic rings. The van der Waals surface area contributed by atoms with Crippen LogP contribution in [-0.4, -0.2) is 62.0 Å². The Bertz CT molecular complexity index is 1230. The zero-order valence-electron chi connectivity index (χ0n) is 18.1. The van der Waals surface area contributed by atoms with Crippen molar-refractivity contribution < 1.29 is 4.74 Å². The first-order chi connectivity index (χ1) is 15.2. The number of hydrogen-bond acceptors (Lipinski definition) is 5. The Morgan fingerprint density at radius 3 is 2.68 bits per heavy atom. The second-order valence-corrected chi connectivity index (χ2v) is 9.20. The van der Waals surface area contributed by atoms with Gasteiger partial charge in [-0.05, 0) is 73.2 Å². The number of aromatic amines is 1. The van der Waals surface area contributed by atoms with Crippen LogP contribution in [0.2, 0.25) is 0 Å². The predicted molar refractivity (Wildman–Crippen MR) is 120 cm³/mol. The molecule has 0 atom stereocenters. The minimum absolute atomic E-state index is 0.382. The van der Waals surface area contributed by atoms with E-state index in [2.05, 4.69) is 52.0 Å². The second-order valence-electron chi connectivity index (χ2n) is 9.20. The van der Waals surface area contributed by atoms with Crippen LogP contribution < -0.4 is 0 Å². The van der Waals surface area contributed by atoms with Crippen molar-refractivity contribution in [1.82, 2.24) is 29.7 Å². The fourth-order valence-corrected chi connectivity index (χ4v) is 5.17. The zero-order chi connectivity index (χ0) is 20.9. The Kier molecular flexibility index (Phi) is 4.54. The number of rotatable bonds is 4. The normalized spacial score (nSPS) is 18.9. The molecular weight excluding hydrogens is 388 g/mol. The summed E-state index contributed by atoms with van der Waals surface area (Å²) in [5.41, 5.74) is 6.70. The maximum Gasteiger partial charge on any atom is 0.176 e. The number of H-pyrrole nitrogens is 1. The number of nitrogens with zero attached hydrogens (tertiary/aromatic N) is 5. The van der Waals surface area contributed by atoms with E-state index in [1.165, 1.54) is 54.3 Å². The van der Waals surface area contributed by atoms with Gasteiger partial charge in [-0.3, -0.25) is 4.90 Å². The van der Waals surface area contributed by atoms with Gasteiger partial charge in [-0.2, -0.15) is 0 Å². The highest BCUT2D eigenvalue weighted by atomic mass is 16.5. The average Bonchev–Trinajstić information content (AvgIpc) is 3.36. The number of aromatic nitrogens is 5. The van der Waals surface area contributed by atoms with Crippen LogP contribution in [-0.2, 0) is 4.74 Å². The van der Waals surface area contributed by atoms with E-state index in [0.29, 0.717) is 17.9 Å². The Morgan fingerprint density at radius 2 is 1.94 bits per heavy atom. The van der Waals surface area contributed by atoms with Crippen LogP contribution in [0.3, 0.4) is 0 Å². The summed E-state index contributed by atoms with van der Waals surface area (Å²) in [6, 6.07) is 11.6. The molecule has 0 spiro atoms. The lowest BCUT2D eigenvalue weighted by Crippen LogP contribution is -2.51. The number of nitrogens with one attached hydrogen (secondary N) is 1. The smallest absolute Gasteiger partial charge is 0.176 e. The number of fused-ring (bicyclic) bond motifs is 2. The molecule has 2 aliphatic heterocycles. The van der Waals surface area contributed by atoms with Gasteiger partial charge in [0.15, 0.2) is 5.65 Å². The number of benzene rings is 1. The summed E-state index contributed by atoms with van der Waals surface area (Å²) >= 11 is 0. The summed E-state index contributed by atoms with van der Waals surface area (Å²) < 4.78 is 6.98. The first kappa shape index (κ1) is 19.0. The Morgan fingerprint density at radius 1 is 1.10 bits per heavy atom. The Hall–Kier alpha value is -2.77. The van der Waals surface area contributed by atoms with Crippen LogP contribution in [0, 0.1) is 0 Å². The molecule has 1 aromatic carbocycles. The zero-order valence-corrected chi connectivity index (χ0v) is 18.1. The van der Waals surface area contributed by atoms with Crippen LogP contribution in [0.5, 0.6) is 0 Å². The monoisotopic (exact) mass is 416 g/mol. The van der Waals surface area contributed by atoms with E-state index in [4.69, 9.17) is 9.84 Å². The summed E-state index contributed by atoms with van der Waals surface area (Å²) in [6.07, 6.45) is 3.98. The molecular formula is C24H28N6O. The summed E-state index contributed by atoms with van der Waals surface area (Å²) in [4.78, 5) is 10.5. The van der Waals surface area contributed by atoms with E-state index in [1.807, 2.05) is 12.1 Å². The fourth-order valence-electron chi connectivity index (χ4n) is 5.17. The van der Waals surface area contributed by atoms with Crippen molar-refractivity contribution in [3.63, 3.8) is 0 Å². The van der Waals surface area contributed by atoms with Crippen molar-refractivity contribution in [2.24, 2.45) is 0 Å². The Labute approximate surface area is 181 Å². The molecule has 0 aliphatic carbocycles. The summed E-state index contributed by atoms with van der Waals surface area (Å²) in [5, 5.41) is 10.2. The SMILES string of the molecule is CC(C)c1c(-c2ccc3ncnn3n2)[nH]c2ccc(C3CCN(C4COC4)CC3)cc12. The molecule has 5 heterocycles. The van der Waals surface area contributed by atoms with Gasteiger partial charge in [-0.25, -0.2) is 4.98 Å². The molecule has 0 amide bonds. The highest BCUT2D eigenvalue weighted by Crippen LogP contribution is 2.38. The standard InChI is InChI=1S/C24H28N6O/c1-15(2)23-19-11-17(16-7-9-29(10-8-16)18-12-31-13-18)3-4-20(19)27-24(23)21-5-6-22-25-14-26-30(22)28-21/h3-6,11,14-16,18,27H,7-10,12-13H2,1-2H3. The topological polar surface area (TPSA) is 71.3 Å². The van der Waals surface area contributed by atoms with E-state index >= 15 is 0 Å². The van der Waals surface area contributed by atoms with Gasteiger partial charge in [0.1, 0.15) is 12.0 Å². The third kappa shape index (κ3) is 3.23. The van der Waals surface area contributed by atoms with Gasteiger partial charge in [0, 0.05) is 10.9 Å². The van der Waals surface area contributed by atoms with Crippen LogP contribution >= 0.6 is 0 Å². The van der Waals surface area contributed by atoms with Crippen molar-refractivity contribution in [3.05, 3.63) is 47.8 Å². The fraction of sp³-hybridized carbons (Fsp3) is 0.458. The van der Waals surface area contributed by atoms with Gasteiger partial charge in [0.2, 0.25) is 0 Å². The van der Waals surface area contributed by atoms with Crippen molar-refractivity contribution in [1.29, 1.82) is 0 Å². The molecule has 2 saturated heterocycles. The molecule has 0 unspecified atom stereocenters. The largest absolute Gasteiger partial charge is 0.378 e. The summed E-state index contributed by atoms with van der Waals surface area (Å²) in [6.45, 7) is 8.68. The van der Waals surface area contributed by atoms with Crippen molar-refractivity contribution in [2.75, 3.05) is 26.3 Å². The lowest BCUT2D eigenvalue weighted by Gasteiger charge is -2.41.